The quantitative estimate of drug-likeness (QED) is 0.709. The molecule has 0 nitrogen and oxygen atoms in total. The van der Waals surface area contributed by atoms with E-state index in [-0.39, 0.29) is 0 Å². The van der Waals surface area contributed by atoms with Crippen LogP contribution in [0, 0.1) is 0 Å². The average molecular weight is 208 g/mol. The summed E-state index contributed by atoms with van der Waals surface area (Å²) in [6.07, 6.45) is 4.10. The fourth-order valence-electron chi connectivity index (χ4n) is 1.88. The molecule has 16 heavy (non-hydrogen) atoms. The SMILES string of the molecule is C=Cc1ccccc1CCc1ccccc1. The van der Waals surface area contributed by atoms with Gasteiger partial charge in [-0.2, -0.15) is 0 Å². The molecule has 0 spiro atoms. The summed E-state index contributed by atoms with van der Waals surface area (Å²) < 4.78 is 0. The molecule has 0 bridgehead atoms. The summed E-state index contributed by atoms with van der Waals surface area (Å²) in [5, 5.41) is 0. The Morgan fingerprint density at radius 1 is 0.812 bits per heavy atom. The van der Waals surface area contributed by atoms with Crippen LogP contribution in [0.1, 0.15) is 16.7 Å². The second-order valence-corrected chi connectivity index (χ2v) is 3.89. The van der Waals surface area contributed by atoms with Crippen LogP contribution < -0.4 is 0 Å². The Labute approximate surface area is 97.3 Å². The number of benzene rings is 2. The highest BCUT2D eigenvalue weighted by atomic mass is 14.0. The zero-order valence-corrected chi connectivity index (χ0v) is 9.39. The number of aryl methyl sites for hydroxylation is 2. The van der Waals surface area contributed by atoms with E-state index in [4.69, 9.17) is 0 Å². The molecule has 2 rings (SSSR count). The van der Waals surface area contributed by atoms with Crippen LogP contribution in [0.5, 0.6) is 0 Å². The molecule has 0 heterocycles. The van der Waals surface area contributed by atoms with E-state index in [0.29, 0.717) is 0 Å². The van der Waals surface area contributed by atoms with Gasteiger partial charge in [-0.1, -0.05) is 67.3 Å². The van der Waals surface area contributed by atoms with Gasteiger partial charge in [0.15, 0.2) is 0 Å². The lowest BCUT2D eigenvalue weighted by Crippen LogP contribution is -1.93. The van der Waals surface area contributed by atoms with Crippen molar-refractivity contribution >= 4 is 6.08 Å². The van der Waals surface area contributed by atoms with Gasteiger partial charge in [0.1, 0.15) is 0 Å². The summed E-state index contributed by atoms with van der Waals surface area (Å²) in [7, 11) is 0. The molecule has 0 aliphatic rings. The topological polar surface area (TPSA) is 0 Å². The van der Waals surface area contributed by atoms with Gasteiger partial charge in [-0.25, -0.2) is 0 Å². The molecule has 80 valence electrons. The van der Waals surface area contributed by atoms with Crippen molar-refractivity contribution in [1.29, 1.82) is 0 Å². The second-order valence-electron chi connectivity index (χ2n) is 3.89. The highest BCUT2D eigenvalue weighted by Crippen LogP contribution is 2.13. The van der Waals surface area contributed by atoms with E-state index in [0.717, 1.165) is 12.8 Å². The Bertz CT molecular complexity index is 454. The van der Waals surface area contributed by atoms with Crippen LogP contribution >= 0.6 is 0 Å². The zero-order chi connectivity index (χ0) is 11.2. The van der Waals surface area contributed by atoms with Gasteiger partial charge in [-0.3, -0.25) is 0 Å². The van der Waals surface area contributed by atoms with Gasteiger partial charge in [0, 0.05) is 0 Å². The van der Waals surface area contributed by atoms with Gasteiger partial charge in [-0.15, -0.1) is 0 Å². The molecule has 0 radical (unpaired) electrons. The summed E-state index contributed by atoms with van der Waals surface area (Å²) in [5.74, 6) is 0. The predicted molar refractivity (Wildman–Crippen MR) is 70.4 cm³/mol. The van der Waals surface area contributed by atoms with Crippen molar-refractivity contribution < 1.29 is 0 Å². The predicted octanol–water partition coefficient (Wildman–Crippen LogP) is 4.11. The lowest BCUT2D eigenvalue weighted by molar-refractivity contribution is 0.957. The van der Waals surface area contributed by atoms with E-state index < -0.39 is 0 Å². The minimum atomic E-state index is 1.08. The first-order valence-corrected chi connectivity index (χ1v) is 5.64. The van der Waals surface area contributed by atoms with Crippen molar-refractivity contribution in [2.24, 2.45) is 0 Å². The Balaban J connectivity index is 2.08. The Morgan fingerprint density at radius 3 is 2.25 bits per heavy atom. The van der Waals surface area contributed by atoms with Crippen LogP contribution in [-0.4, -0.2) is 0 Å². The zero-order valence-electron chi connectivity index (χ0n) is 9.39. The smallest absolute Gasteiger partial charge is 0.0230 e. The van der Waals surface area contributed by atoms with Crippen molar-refractivity contribution in [3.63, 3.8) is 0 Å². The largest absolute Gasteiger partial charge is 0.0985 e. The molecular formula is C16H16. The summed E-state index contributed by atoms with van der Waals surface area (Å²) in [5.41, 5.74) is 4.01. The minimum Gasteiger partial charge on any atom is -0.0985 e. The maximum absolute atomic E-state index is 3.85. The highest BCUT2D eigenvalue weighted by molar-refractivity contribution is 5.51. The van der Waals surface area contributed by atoms with Crippen LogP contribution in [0.2, 0.25) is 0 Å². The maximum atomic E-state index is 3.85. The summed E-state index contributed by atoms with van der Waals surface area (Å²) in [6, 6.07) is 19.0. The molecule has 2 aromatic carbocycles. The molecule has 0 aliphatic carbocycles. The van der Waals surface area contributed by atoms with E-state index in [1.165, 1.54) is 16.7 Å². The monoisotopic (exact) mass is 208 g/mol. The molecule has 0 amide bonds. The lowest BCUT2D eigenvalue weighted by atomic mass is 10.00. The molecule has 0 aromatic heterocycles. The lowest BCUT2D eigenvalue weighted by Gasteiger charge is -2.05. The van der Waals surface area contributed by atoms with Crippen LogP contribution in [0.4, 0.5) is 0 Å². The third-order valence-electron chi connectivity index (χ3n) is 2.80. The first kappa shape index (κ1) is 10.7. The van der Waals surface area contributed by atoms with Crippen LogP contribution in [-0.2, 0) is 12.8 Å². The molecular weight excluding hydrogens is 192 g/mol. The molecule has 0 N–H and O–H groups in total. The van der Waals surface area contributed by atoms with E-state index in [1.54, 1.807) is 0 Å². The van der Waals surface area contributed by atoms with Crippen molar-refractivity contribution in [2.45, 2.75) is 12.8 Å². The number of hydrogen-bond donors (Lipinski definition) is 0. The molecule has 0 saturated heterocycles. The van der Waals surface area contributed by atoms with Crippen LogP contribution in [0.3, 0.4) is 0 Å². The van der Waals surface area contributed by atoms with Gasteiger partial charge < -0.3 is 0 Å². The van der Waals surface area contributed by atoms with Crippen molar-refractivity contribution in [3.8, 4) is 0 Å². The third kappa shape index (κ3) is 2.60. The van der Waals surface area contributed by atoms with Crippen molar-refractivity contribution in [3.05, 3.63) is 77.9 Å². The Kier molecular flexibility index (Phi) is 3.55. The molecule has 0 fully saturated rings. The highest BCUT2D eigenvalue weighted by Gasteiger charge is 1.98. The van der Waals surface area contributed by atoms with Crippen molar-refractivity contribution in [1.82, 2.24) is 0 Å². The first-order valence-electron chi connectivity index (χ1n) is 5.64. The molecule has 2 aromatic rings. The van der Waals surface area contributed by atoms with Gasteiger partial charge in [0.05, 0.1) is 0 Å². The van der Waals surface area contributed by atoms with Gasteiger partial charge in [0.2, 0.25) is 0 Å². The van der Waals surface area contributed by atoms with E-state index in [1.807, 2.05) is 6.08 Å². The Morgan fingerprint density at radius 2 is 1.50 bits per heavy atom. The normalized spacial score (nSPS) is 10.0. The molecule has 0 saturated carbocycles. The Hall–Kier alpha value is -1.82. The summed E-state index contributed by atoms with van der Waals surface area (Å²) >= 11 is 0. The standard InChI is InChI=1S/C16H16/c1-2-15-10-6-7-11-16(15)13-12-14-8-4-3-5-9-14/h2-11H,1,12-13H2. The van der Waals surface area contributed by atoms with E-state index in [9.17, 15) is 0 Å². The minimum absolute atomic E-state index is 1.08. The average Bonchev–Trinajstić information content (AvgIpc) is 2.38. The fraction of sp³-hybridized carbons (Fsp3) is 0.125. The fourth-order valence-corrected chi connectivity index (χ4v) is 1.88. The first-order chi connectivity index (χ1) is 7.90. The second kappa shape index (κ2) is 5.32. The van der Waals surface area contributed by atoms with Crippen molar-refractivity contribution in [2.75, 3.05) is 0 Å². The van der Waals surface area contributed by atoms with Gasteiger partial charge >= 0.3 is 0 Å². The van der Waals surface area contributed by atoms with E-state index in [2.05, 4.69) is 61.2 Å². The molecule has 0 heteroatoms. The number of hydrogen-bond acceptors (Lipinski definition) is 0. The molecule has 0 atom stereocenters. The summed E-state index contributed by atoms with van der Waals surface area (Å²) in [6.45, 7) is 3.85. The van der Waals surface area contributed by atoms with E-state index >= 15 is 0 Å². The number of rotatable bonds is 4. The van der Waals surface area contributed by atoms with Gasteiger partial charge in [-0.05, 0) is 29.5 Å². The molecule has 0 unspecified atom stereocenters. The van der Waals surface area contributed by atoms with Crippen LogP contribution in [0.15, 0.2) is 61.2 Å². The van der Waals surface area contributed by atoms with Crippen LogP contribution in [0.25, 0.3) is 6.08 Å². The molecule has 0 aliphatic heterocycles. The summed E-state index contributed by atoms with van der Waals surface area (Å²) in [4.78, 5) is 0. The third-order valence-corrected chi connectivity index (χ3v) is 2.80. The maximum Gasteiger partial charge on any atom is -0.0230 e. The van der Waals surface area contributed by atoms with Gasteiger partial charge in [0.25, 0.3) is 0 Å².